The van der Waals surface area contributed by atoms with Gasteiger partial charge in [0.1, 0.15) is 5.54 Å². The number of likely N-dealkylation sites (N-methyl/N-ethyl adjacent to an activating group) is 1. The van der Waals surface area contributed by atoms with Crippen molar-refractivity contribution in [1.82, 2.24) is 19.9 Å². The normalized spacial score (nSPS) is 14.0. The third-order valence-electron chi connectivity index (χ3n) is 3.32. The van der Waals surface area contributed by atoms with Gasteiger partial charge < -0.3 is 10.1 Å². The summed E-state index contributed by atoms with van der Waals surface area (Å²) in [7, 11) is 1.41. The number of fused-ring (bicyclic) bond motifs is 1. The molecule has 6 nitrogen and oxygen atoms in total. The highest BCUT2D eigenvalue weighted by Gasteiger charge is 2.32. The molecule has 0 amide bonds. The van der Waals surface area contributed by atoms with Gasteiger partial charge in [-0.15, -0.1) is 10.2 Å². The Kier molecular flexibility index (Phi) is 5.19. The number of esters is 1. The second-order valence-corrected chi connectivity index (χ2v) is 5.93. The highest BCUT2D eigenvalue weighted by molar-refractivity contribution is 7.99. The minimum absolute atomic E-state index is 0.240. The van der Waals surface area contributed by atoms with E-state index in [0.29, 0.717) is 13.0 Å². The first kappa shape index (κ1) is 15.8. The number of methoxy groups -OCH3 is 1. The molecule has 1 atom stereocenters. The average Bonchev–Trinajstić information content (AvgIpc) is 2.90. The van der Waals surface area contributed by atoms with E-state index in [1.165, 1.54) is 7.11 Å². The van der Waals surface area contributed by atoms with Crippen molar-refractivity contribution in [3.63, 3.8) is 0 Å². The van der Waals surface area contributed by atoms with Crippen molar-refractivity contribution in [3.05, 3.63) is 24.4 Å². The standard InChI is InChI=1S/C14H20N4O2S/c1-4-15-14(2,12(19)20-3)8-10-21-13-17-16-11-7-5-6-9-18(11)13/h5-7,9,15H,4,8,10H2,1-3H3. The van der Waals surface area contributed by atoms with Gasteiger partial charge in [-0.1, -0.05) is 24.8 Å². The van der Waals surface area contributed by atoms with Crippen LogP contribution in [0.2, 0.25) is 0 Å². The second kappa shape index (κ2) is 6.91. The van der Waals surface area contributed by atoms with Crippen LogP contribution in [0.5, 0.6) is 0 Å². The zero-order chi connectivity index (χ0) is 15.3. The van der Waals surface area contributed by atoms with Gasteiger partial charge in [0.2, 0.25) is 0 Å². The maximum atomic E-state index is 11.9. The van der Waals surface area contributed by atoms with Crippen LogP contribution in [0.15, 0.2) is 29.6 Å². The van der Waals surface area contributed by atoms with Crippen LogP contribution in [-0.2, 0) is 9.53 Å². The molecule has 114 valence electrons. The molecule has 21 heavy (non-hydrogen) atoms. The van der Waals surface area contributed by atoms with Gasteiger partial charge in [-0.2, -0.15) is 0 Å². The van der Waals surface area contributed by atoms with Gasteiger partial charge in [0.15, 0.2) is 10.8 Å². The number of aromatic nitrogens is 3. The Balaban J connectivity index is 2.00. The summed E-state index contributed by atoms with van der Waals surface area (Å²) >= 11 is 1.58. The molecule has 0 aliphatic carbocycles. The number of carbonyl (C=O) groups excluding carboxylic acids is 1. The monoisotopic (exact) mass is 308 g/mol. The predicted molar refractivity (Wildman–Crippen MR) is 82.4 cm³/mol. The van der Waals surface area contributed by atoms with Crippen molar-refractivity contribution in [2.45, 2.75) is 31.0 Å². The van der Waals surface area contributed by atoms with Crippen molar-refractivity contribution in [3.8, 4) is 0 Å². The fraction of sp³-hybridized carbons (Fsp3) is 0.500. The molecule has 0 aliphatic heterocycles. The van der Waals surface area contributed by atoms with Crippen LogP contribution in [0, 0.1) is 0 Å². The molecule has 2 aromatic rings. The van der Waals surface area contributed by atoms with E-state index in [4.69, 9.17) is 4.74 Å². The summed E-state index contributed by atoms with van der Waals surface area (Å²) in [5.74, 6) is 0.505. The lowest BCUT2D eigenvalue weighted by Crippen LogP contribution is -2.50. The van der Waals surface area contributed by atoms with Gasteiger partial charge in [-0.25, -0.2) is 0 Å². The SMILES string of the molecule is CCNC(C)(CCSc1nnc2ccccn12)C(=O)OC. The molecule has 0 fully saturated rings. The maximum Gasteiger partial charge on any atom is 0.325 e. The maximum absolute atomic E-state index is 11.9. The summed E-state index contributed by atoms with van der Waals surface area (Å²) in [5, 5.41) is 12.3. The fourth-order valence-corrected chi connectivity index (χ4v) is 3.23. The molecule has 0 bridgehead atoms. The lowest BCUT2D eigenvalue weighted by molar-refractivity contribution is -0.147. The first-order valence-electron chi connectivity index (χ1n) is 6.86. The van der Waals surface area contributed by atoms with E-state index in [-0.39, 0.29) is 5.97 Å². The molecule has 0 saturated carbocycles. The molecule has 0 radical (unpaired) electrons. The third-order valence-corrected chi connectivity index (χ3v) is 4.26. The number of rotatable bonds is 7. The number of pyridine rings is 1. The molecule has 0 aliphatic rings. The quantitative estimate of drug-likeness (QED) is 0.621. The highest BCUT2D eigenvalue weighted by atomic mass is 32.2. The zero-order valence-electron chi connectivity index (χ0n) is 12.5. The zero-order valence-corrected chi connectivity index (χ0v) is 13.3. The van der Waals surface area contributed by atoms with Crippen LogP contribution in [0.25, 0.3) is 5.65 Å². The minimum atomic E-state index is -0.670. The van der Waals surface area contributed by atoms with Crippen LogP contribution in [0.4, 0.5) is 0 Å². The molecule has 7 heteroatoms. The van der Waals surface area contributed by atoms with Crippen LogP contribution < -0.4 is 5.32 Å². The van der Waals surface area contributed by atoms with E-state index >= 15 is 0 Å². The Morgan fingerprint density at radius 2 is 2.29 bits per heavy atom. The largest absolute Gasteiger partial charge is 0.468 e. The van der Waals surface area contributed by atoms with Crippen LogP contribution in [-0.4, -0.2) is 45.5 Å². The smallest absolute Gasteiger partial charge is 0.325 e. The van der Waals surface area contributed by atoms with Crippen molar-refractivity contribution < 1.29 is 9.53 Å². The van der Waals surface area contributed by atoms with Gasteiger partial charge in [0.25, 0.3) is 0 Å². The highest BCUT2D eigenvalue weighted by Crippen LogP contribution is 2.22. The number of hydrogen-bond donors (Lipinski definition) is 1. The van der Waals surface area contributed by atoms with Gasteiger partial charge in [0, 0.05) is 11.9 Å². The Bertz CT molecular complexity index is 616. The van der Waals surface area contributed by atoms with Crippen molar-refractivity contribution >= 4 is 23.4 Å². The van der Waals surface area contributed by atoms with E-state index in [9.17, 15) is 4.79 Å². The summed E-state index contributed by atoms with van der Waals surface area (Å²) in [6, 6.07) is 5.78. The van der Waals surface area contributed by atoms with Gasteiger partial charge in [-0.3, -0.25) is 9.20 Å². The Labute approximate surface area is 128 Å². The van der Waals surface area contributed by atoms with Crippen LogP contribution in [0.3, 0.4) is 0 Å². The molecule has 0 spiro atoms. The topological polar surface area (TPSA) is 68.5 Å². The number of nitrogens with one attached hydrogen (secondary N) is 1. The first-order chi connectivity index (χ1) is 10.1. The number of thioether (sulfide) groups is 1. The lowest BCUT2D eigenvalue weighted by Gasteiger charge is -2.27. The molecule has 1 unspecified atom stereocenters. The molecule has 0 aromatic carbocycles. The van der Waals surface area contributed by atoms with E-state index in [0.717, 1.165) is 16.6 Å². The van der Waals surface area contributed by atoms with Gasteiger partial charge in [0.05, 0.1) is 7.11 Å². The molecule has 0 saturated heterocycles. The predicted octanol–water partition coefficient (Wildman–Crippen LogP) is 1.75. The average molecular weight is 308 g/mol. The molecule has 1 N–H and O–H groups in total. The number of nitrogens with zero attached hydrogens (tertiary/aromatic N) is 3. The van der Waals surface area contributed by atoms with E-state index in [1.807, 2.05) is 42.6 Å². The molecule has 2 rings (SSSR count). The second-order valence-electron chi connectivity index (χ2n) is 4.86. The fourth-order valence-electron chi connectivity index (χ4n) is 2.14. The Morgan fingerprint density at radius 1 is 1.48 bits per heavy atom. The first-order valence-corrected chi connectivity index (χ1v) is 7.85. The van der Waals surface area contributed by atoms with Crippen molar-refractivity contribution in [2.75, 3.05) is 19.4 Å². The van der Waals surface area contributed by atoms with Gasteiger partial charge >= 0.3 is 5.97 Å². The summed E-state index contributed by atoms with van der Waals surface area (Å²) in [4.78, 5) is 11.9. The Morgan fingerprint density at radius 3 is 3.00 bits per heavy atom. The minimum Gasteiger partial charge on any atom is -0.468 e. The summed E-state index contributed by atoms with van der Waals surface area (Å²) < 4.78 is 6.82. The van der Waals surface area contributed by atoms with Crippen molar-refractivity contribution in [2.24, 2.45) is 0 Å². The summed E-state index contributed by atoms with van der Waals surface area (Å²) in [5.41, 5.74) is 0.152. The number of carbonyl (C=O) groups is 1. The number of ether oxygens (including phenoxy) is 1. The summed E-state index contributed by atoms with van der Waals surface area (Å²) in [6.07, 6.45) is 2.58. The van der Waals surface area contributed by atoms with Crippen molar-refractivity contribution in [1.29, 1.82) is 0 Å². The molecular weight excluding hydrogens is 288 g/mol. The molecular formula is C14H20N4O2S. The van der Waals surface area contributed by atoms with E-state index in [1.54, 1.807) is 11.8 Å². The van der Waals surface area contributed by atoms with Crippen LogP contribution >= 0.6 is 11.8 Å². The number of hydrogen-bond acceptors (Lipinski definition) is 6. The molecule has 2 heterocycles. The van der Waals surface area contributed by atoms with Crippen LogP contribution in [0.1, 0.15) is 20.3 Å². The Hall–Kier alpha value is -1.60. The third kappa shape index (κ3) is 3.54. The lowest BCUT2D eigenvalue weighted by atomic mass is 9.99. The summed E-state index contributed by atoms with van der Waals surface area (Å²) in [6.45, 7) is 4.55. The molecule has 2 aromatic heterocycles. The van der Waals surface area contributed by atoms with E-state index in [2.05, 4.69) is 15.5 Å². The van der Waals surface area contributed by atoms with E-state index < -0.39 is 5.54 Å². The van der Waals surface area contributed by atoms with Gasteiger partial charge in [-0.05, 0) is 32.0 Å².